The van der Waals surface area contributed by atoms with Gasteiger partial charge in [-0.2, -0.15) is 5.10 Å². The Kier molecular flexibility index (Phi) is 10.1. The minimum atomic E-state index is -3.19. The van der Waals surface area contributed by atoms with Gasteiger partial charge in [-0.3, -0.25) is 9.67 Å². The van der Waals surface area contributed by atoms with Crippen LogP contribution >= 0.6 is 24.0 Å². The highest BCUT2D eigenvalue weighted by Gasteiger charge is 2.14. The second kappa shape index (κ2) is 11.5. The topological polar surface area (TPSA) is 97.6 Å². The summed E-state index contributed by atoms with van der Waals surface area (Å²) in [4.78, 5) is 4.53. The number of benzene rings is 1. The molecule has 8 nitrogen and oxygen atoms in total. The van der Waals surface area contributed by atoms with Crippen LogP contribution in [-0.4, -0.2) is 56.7 Å². The van der Waals surface area contributed by atoms with E-state index in [1.165, 1.54) is 17.5 Å². The Balaban J connectivity index is 0.00000450. The Morgan fingerprint density at radius 3 is 2.40 bits per heavy atom. The highest BCUT2D eigenvalue weighted by molar-refractivity contribution is 14.0. The van der Waals surface area contributed by atoms with Crippen molar-refractivity contribution in [1.82, 2.24) is 20.4 Å². The normalized spacial score (nSPS) is 12.8. The summed E-state index contributed by atoms with van der Waals surface area (Å²) < 4.78 is 30.5. The van der Waals surface area contributed by atoms with Gasteiger partial charge in [0.05, 0.1) is 17.1 Å². The van der Waals surface area contributed by atoms with E-state index >= 15 is 0 Å². The summed E-state index contributed by atoms with van der Waals surface area (Å²) in [5.41, 5.74) is 3.48. The van der Waals surface area contributed by atoms with Crippen LogP contribution in [0.4, 0.5) is 0 Å². The van der Waals surface area contributed by atoms with E-state index < -0.39 is 9.84 Å². The zero-order valence-electron chi connectivity index (χ0n) is 18.4. The summed E-state index contributed by atoms with van der Waals surface area (Å²) in [7, 11) is 0.492. The summed E-state index contributed by atoms with van der Waals surface area (Å²) in [6, 6.07) is 6.59. The fourth-order valence-electron chi connectivity index (χ4n) is 3.02. The Labute approximate surface area is 196 Å². The quantitative estimate of drug-likeness (QED) is 0.227. The van der Waals surface area contributed by atoms with Crippen LogP contribution < -0.4 is 15.4 Å². The molecule has 0 spiro atoms. The number of nitrogens with zero attached hydrogens (tertiary/aromatic N) is 3. The molecule has 1 atom stereocenters. The summed E-state index contributed by atoms with van der Waals surface area (Å²) in [6.07, 6.45) is 2.04. The lowest BCUT2D eigenvalue weighted by Gasteiger charge is -2.18. The first-order valence-electron chi connectivity index (χ1n) is 9.51. The molecule has 30 heavy (non-hydrogen) atoms. The highest BCUT2D eigenvalue weighted by atomic mass is 127. The maximum Gasteiger partial charge on any atom is 0.191 e. The number of guanidine groups is 1. The molecule has 10 heteroatoms. The van der Waals surface area contributed by atoms with Crippen LogP contribution in [0.1, 0.15) is 23.9 Å². The van der Waals surface area contributed by atoms with Gasteiger partial charge in [0, 0.05) is 32.1 Å². The van der Waals surface area contributed by atoms with E-state index in [0.717, 1.165) is 12.1 Å². The molecule has 1 unspecified atom stereocenters. The van der Waals surface area contributed by atoms with E-state index in [1.54, 1.807) is 31.3 Å². The molecule has 0 saturated heterocycles. The van der Waals surface area contributed by atoms with Gasteiger partial charge >= 0.3 is 0 Å². The number of aromatic nitrogens is 2. The van der Waals surface area contributed by atoms with E-state index in [9.17, 15) is 8.42 Å². The first-order chi connectivity index (χ1) is 13.6. The Morgan fingerprint density at radius 1 is 1.27 bits per heavy atom. The number of rotatable bonds is 8. The number of nitrogens with one attached hydrogen (secondary N) is 2. The number of halogens is 1. The first kappa shape index (κ1) is 26.2. The summed E-state index contributed by atoms with van der Waals surface area (Å²) in [5, 5.41) is 11.1. The largest absolute Gasteiger partial charge is 0.492 e. The highest BCUT2D eigenvalue weighted by Crippen LogP contribution is 2.16. The van der Waals surface area contributed by atoms with Gasteiger partial charge in [-0.05, 0) is 57.0 Å². The van der Waals surface area contributed by atoms with Gasteiger partial charge in [0.1, 0.15) is 12.4 Å². The van der Waals surface area contributed by atoms with Gasteiger partial charge < -0.3 is 15.4 Å². The molecule has 0 aliphatic heterocycles. The molecule has 2 rings (SSSR count). The van der Waals surface area contributed by atoms with Crippen LogP contribution in [0.5, 0.6) is 5.75 Å². The molecule has 168 valence electrons. The maximum atomic E-state index is 11.5. The Bertz CT molecular complexity index is 956. The molecule has 0 amide bonds. The van der Waals surface area contributed by atoms with Crippen molar-refractivity contribution in [2.75, 3.05) is 26.5 Å². The molecular formula is C20H32IN5O3S. The van der Waals surface area contributed by atoms with Crippen molar-refractivity contribution < 1.29 is 13.2 Å². The van der Waals surface area contributed by atoms with E-state index in [0.29, 0.717) is 24.9 Å². The summed E-state index contributed by atoms with van der Waals surface area (Å²) in [6.45, 7) is 7.20. The summed E-state index contributed by atoms with van der Waals surface area (Å²) >= 11 is 0. The van der Waals surface area contributed by atoms with Crippen molar-refractivity contribution in [1.29, 1.82) is 0 Å². The zero-order valence-corrected chi connectivity index (χ0v) is 21.5. The van der Waals surface area contributed by atoms with Crippen LogP contribution in [-0.2, 0) is 23.3 Å². The van der Waals surface area contributed by atoms with Crippen LogP contribution in [0.25, 0.3) is 0 Å². The molecule has 1 aromatic heterocycles. The standard InChI is InChI=1S/C20H31N5O3S.HI/c1-14(13-19-15(2)24-25(5)16(19)3)23-20(21-4)22-11-12-28-17-7-9-18(10-8-17)29(6,26)27;/h7-10,14H,11-13H2,1-6H3,(H2,21,22,23);1H. The molecule has 0 radical (unpaired) electrons. The van der Waals surface area contributed by atoms with Gasteiger partial charge in [0.25, 0.3) is 0 Å². The molecule has 2 aromatic rings. The van der Waals surface area contributed by atoms with E-state index in [-0.39, 0.29) is 34.9 Å². The molecule has 0 aliphatic carbocycles. The Hall–Kier alpha value is -1.82. The van der Waals surface area contributed by atoms with Crippen molar-refractivity contribution >= 4 is 39.8 Å². The number of sulfone groups is 1. The van der Waals surface area contributed by atoms with Gasteiger partial charge in [0.15, 0.2) is 15.8 Å². The van der Waals surface area contributed by atoms with Gasteiger partial charge in [-0.1, -0.05) is 0 Å². The van der Waals surface area contributed by atoms with Gasteiger partial charge in [0.2, 0.25) is 0 Å². The smallest absolute Gasteiger partial charge is 0.191 e. The SMILES string of the molecule is CN=C(NCCOc1ccc(S(C)(=O)=O)cc1)NC(C)Cc1c(C)nn(C)c1C.I. The lowest BCUT2D eigenvalue weighted by atomic mass is 10.1. The van der Waals surface area contributed by atoms with Gasteiger partial charge in [-0.15, -0.1) is 24.0 Å². The number of aliphatic imine (C=N–C) groups is 1. The molecule has 2 N–H and O–H groups in total. The third-order valence-corrected chi connectivity index (χ3v) is 5.82. The second-order valence-corrected chi connectivity index (χ2v) is 9.13. The minimum Gasteiger partial charge on any atom is -0.492 e. The lowest BCUT2D eigenvalue weighted by Crippen LogP contribution is -2.44. The number of hydrogen-bond acceptors (Lipinski definition) is 5. The van der Waals surface area contributed by atoms with E-state index in [2.05, 4.69) is 34.6 Å². The number of aryl methyl sites for hydroxylation is 2. The predicted molar refractivity (Wildman–Crippen MR) is 131 cm³/mol. The van der Waals surface area contributed by atoms with Crippen LogP contribution in [0, 0.1) is 13.8 Å². The molecule has 0 bridgehead atoms. The lowest BCUT2D eigenvalue weighted by molar-refractivity contribution is 0.321. The molecule has 0 fully saturated rings. The van der Waals surface area contributed by atoms with Crippen molar-refractivity contribution in [2.45, 2.75) is 38.1 Å². The Morgan fingerprint density at radius 2 is 1.90 bits per heavy atom. The van der Waals surface area contributed by atoms with Crippen LogP contribution in [0.2, 0.25) is 0 Å². The fourth-order valence-corrected chi connectivity index (χ4v) is 3.65. The minimum absolute atomic E-state index is 0. The average molecular weight is 549 g/mol. The van der Waals surface area contributed by atoms with Crippen LogP contribution in [0.3, 0.4) is 0 Å². The van der Waals surface area contributed by atoms with E-state index in [4.69, 9.17) is 4.74 Å². The third kappa shape index (κ3) is 7.46. The maximum absolute atomic E-state index is 11.5. The van der Waals surface area contributed by atoms with Crippen molar-refractivity contribution in [3.8, 4) is 5.75 Å². The molecular weight excluding hydrogens is 517 g/mol. The third-order valence-electron chi connectivity index (χ3n) is 4.69. The molecule has 1 heterocycles. The van der Waals surface area contributed by atoms with Gasteiger partial charge in [-0.25, -0.2) is 8.42 Å². The molecule has 0 saturated carbocycles. The molecule has 1 aromatic carbocycles. The number of ether oxygens (including phenoxy) is 1. The number of hydrogen-bond donors (Lipinski definition) is 2. The summed E-state index contributed by atoms with van der Waals surface area (Å²) in [5.74, 6) is 1.32. The second-order valence-electron chi connectivity index (χ2n) is 7.11. The zero-order chi connectivity index (χ0) is 21.6. The fraction of sp³-hybridized carbons (Fsp3) is 0.500. The van der Waals surface area contributed by atoms with Crippen molar-refractivity contribution in [2.24, 2.45) is 12.0 Å². The predicted octanol–water partition coefficient (Wildman–Crippen LogP) is 2.23. The average Bonchev–Trinajstić information content (AvgIpc) is 2.90. The van der Waals surface area contributed by atoms with E-state index in [1.807, 2.05) is 18.7 Å². The molecule has 0 aliphatic rings. The van der Waals surface area contributed by atoms with Crippen LogP contribution in [0.15, 0.2) is 34.2 Å². The van der Waals surface area contributed by atoms with Crippen molar-refractivity contribution in [3.63, 3.8) is 0 Å². The monoisotopic (exact) mass is 549 g/mol. The van der Waals surface area contributed by atoms with Crippen molar-refractivity contribution in [3.05, 3.63) is 41.2 Å². The first-order valence-corrected chi connectivity index (χ1v) is 11.4.